The number of hydrogen-bond acceptors (Lipinski definition) is 8. The van der Waals surface area contributed by atoms with Crippen LogP contribution in [0.25, 0.3) is 0 Å². The van der Waals surface area contributed by atoms with Crippen LogP contribution in [-0.2, 0) is 22.6 Å². The molecule has 1 aromatic heterocycles. The first-order valence-electron chi connectivity index (χ1n) is 13.4. The molecular weight excluding hydrogens is 625 g/mol. The number of ether oxygens (including phenoxy) is 2. The zero-order valence-electron chi connectivity index (χ0n) is 23.3. The fraction of sp³-hybridized carbons (Fsp3) is 0.300. The van der Waals surface area contributed by atoms with Crippen LogP contribution in [0.2, 0.25) is 0 Å². The average Bonchev–Trinajstić information content (AvgIpc) is 3.46. The van der Waals surface area contributed by atoms with Crippen molar-refractivity contribution in [2.75, 3.05) is 5.75 Å². The van der Waals surface area contributed by atoms with E-state index in [1.54, 1.807) is 24.3 Å². The fourth-order valence-electron chi connectivity index (χ4n) is 4.67. The summed E-state index contributed by atoms with van der Waals surface area (Å²) in [5.74, 6) is -12.1. The number of nitrogens with zero attached hydrogens (tertiary/aromatic N) is 2. The fourth-order valence-corrected chi connectivity index (χ4v) is 6.67. The number of aromatic nitrogens is 2. The van der Waals surface area contributed by atoms with E-state index in [1.807, 2.05) is 38.1 Å². The summed E-state index contributed by atoms with van der Waals surface area (Å²) >= 11 is 3.03. The van der Waals surface area contributed by atoms with E-state index in [0.717, 1.165) is 20.5 Å². The molecule has 2 heterocycles. The summed E-state index contributed by atoms with van der Waals surface area (Å²) in [6.07, 6.45) is -1.36. The summed E-state index contributed by atoms with van der Waals surface area (Å²) in [4.78, 5) is 12.3. The molecular formula is C30H26F5N3O4S2. The lowest BCUT2D eigenvalue weighted by molar-refractivity contribution is -0.268. The van der Waals surface area contributed by atoms with Gasteiger partial charge in [-0.05, 0) is 23.6 Å². The number of carbonyl (C=O) groups excluding carboxylic acids is 1. The van der Waals surface area contributed by atoms with Gasteiger partial charge in [0, 0.05) is 23.8 Å². The normalized spacial score (nSPS) is 20.1. The molecule has 0 spiro atoms. The molecule has 1 aliphatic heterocycles. The second kappa shape index (κ2) is 13.7. The number of rotatable bonds is 9. The molecule has 4 atom stereocenters. The Kier molecular flexibility index (Phi) is 9.95. The van der Waals surface area contributed by atoms with E-state index in [-0.39, 0.29) is 31.3 Å². The highest BCUT2D eigenvalue weighted by atomic mass is 32.2. The maximum absolute atomic E-state index is 14.0. The SMILES string of the molecule is Cc1nnc(SC[C@@H]2O[C@H](c3ccc(CNC(=O)c4c(F)c(F)c(F)c(F)c4F)cc3)O[C@H](c3ccc(CO)cc3)[C@@H]2C)s1. The summed E-state index contributed by atoms with van der Waals surface area (Å²) in [6, 6.07) is 14.1. The van der Waals surface area contributed by atoms with Gasteiger partial charge in [0.05, 0.1) is 18.8 Å². The molecule has 0 unspecified atom stereocenters. The van der Waals surface area contributed by atoms with E-state index in [2.05, 4.69) is 15.5 Å². The largest absolute Gasteiger partial charge is 0.392 e. The van der Waals surface area contributed by atoms with Crippen molar-refractivity contribution in [3.63, 3.8) is 0 Å². The third kappa shape index (κ3) is 6.79. The standard InChI is InChI=1S/C30H26F5N3O4S2/c1-14-20(13-43-30-38-37-15(2)44-30)41-29(42-27(14)18-7-5-17(12-39)6-8-18)19-9-3-16(4-10-19)11-36-28(40)21-22(31)24(33)26(35)25(34)23(21)32/h3-10,14,20,27,29,39H,11-13H2,1-2H3,(H,36,40)/t14-,20+,27+,29+/m1/s1. The second-order valence-corrected chi connectivity index (χ2v) is 12.5. The highest BCUT2D eigenvalue weighted by Crippen LogP contribution is 2.43. The van der Waals surface area contributed by atoms with Crippen LogP contribution in [-0.4, -0.2) is 33.1 Å². The molecule has 5 rings (SSSR count). The number of nitrogens with one attached hydrogen (secondary N) is 1. The van der Waals surface area contributed by atoms with Crippen LogP contribution in [0.3, 0.4) is 0 Å². The number of halogens is 5. The summed E-state index contributed by atoms with van der Waals surface area (Å²) in [7, 11) is 0. The van der Waals surface area contributed by atoms with Crippen molar-refractivity contribution in [2.45, 2.75) is 49.8 Å². The minimum atomic E-state index is -2.34. The summed E-state index contributed by atoms with van der Waals surface area (Å²) < 4.78 is 82.0. The molecule has 4 aromatic rings. The Morgan fingerprint density at radius 3 is 2.07 bits per heavy atom. The Morgan fingerprint density at radius 1 is 0.886 bits per heavy atom. The number of benzene rings is 3. The van der Waals surface area contributed by atoms with E-state index in [9.17, 15) is 31.9 Å². The first-order valence-corrected chi connectivity index (χ1v) is 15.2. The predicted octanol–water partition coefficient (Wildman–Crippen LogP) is 6.55. The molecule has 1 amide bonds. The predicted molar refractivity (Wildman–Crippen MR) is 152 cm³/mol. The number of carbonyl (C=O) groups is 1. The third-order valence-corrected chi connectivity index (χ3v) is 9.20. The Bertz CT molecular complexity index is 1610. The number of aryl methyl sites for hydroxylation is 1. The van der Waals surface area contributed by atoms with Crippen molar-refractivity contribution in [3.8, 4) is 0 Å². The van der Waals surface area contributed by atoms with Crippen LogP contribution in [0.5, 0.6) is 0 Å². The molecule has 0 saturated carbocycles. The molecule has 0 bridgehead atoms. The van der Waals surface area contributed by atoms with E-state index in [1.165, 1.54) is 23.1 Å². The quantitative estimate of drug-likeness (QED) is 0.0918. The molecule has 3 aromatic carbocycles. The second-order valence-electron chi connectivity index (χ2n) is 10.1. The van der Waals surface area contributed by atoms with Gasteiger partial charge in [0.15, 0.2) is 33.9 Å². The molecule has 0 radical (unpaired) electrons. The number of hydrogen-bond donors (Lipinski definition) is 2. The molecule has 1 saturated heterocycles. The maximum atomic E-state index is 14.0. The van der Waals surface area contributed by atoms with Crippen molar-refractivity contribution < 1.29 is 41.3 Å². The van der Waals surface area contributed by atoms with E-state index < -0.39 is 46.8 Å². The Labute approximate surface area is 257 Å². The van der Waals surface area contributed by atoms with E-state index in [4.69, 9.17) is 9.47 Å². The highest BCUT2D eigenvalue weighted by Gasteiger charge is 2.38. The smallest absolute Gasteiger partial charge is 0.257 e. The zero-order valence-corrected chi connectivity index (χ0v) is 25.0. The van der Waals surface area contributed by atoms with Crippen LogP contribution >= 0.6 is 23.1 Å². The van der Waals surface area contributed by atoms with Crippen molar-refractivity contribution in [1.29, 1.82) is 0 Å². The minimum absolute atomic E-state index is 0.0517. The molecule has 1 fully saturated rings. The van der Waals surface area contributed by atoms with E-state index in [0.29, 0.717) is 16.9 Å². The summed E-state index contributed by atoms with van der Waals surface area (Å²) in [5.41, 5.74) is 1.28. The monoisotopic (exact) mass is 651 g/mol. The van der Waals surface area contributed by atoms with Gasteiger partial charge in [0.1, 0.15) is 10.6 Å². The van der Waals surface area contributed by atoms with Crippen LogP contribution < -0.4 is 5.32 Å². The molecule has 44 heavy (non-hydrogen) atoms. The minimum Gasteiger partial charge on any atom is -0.392 e. The Hall–Kier alpha value is -3.43. The van der Waals surface area contributed by atoms with Crippen molar-refractivity contribution in [2.24, 2.45) is 5.92 Å². The molecule has 232 valence electrons. The summed E-state index contributed by atoms with van der Waals surface area (Å²) in [5, 5.41) is 20.7. The molecule has 14 heteroatoms. The van der Waals surface area contributed by atoms with Gasteiger partial charge in [-0.25, -0.2) is 22.0 Å². The van der Waals surface area contributed by atoms with E-state index >= 15 is 0 Å². The first kappa shape index (κ1) is 32.0. The van der Waals surface area contributed by atoms with Crippen LogP contribution in [0.15, 0.2) is 52.9 Å². The van der Waals surface area contributed by atoms with Crippen LogP contribution in [0, 0.1) is 41.9 Å². The van der Waals surface area contributed by atoms with Crippen molar-refractivity contribution >= 4 is 29.0 Å². The van der Waals surface area contributed by atoms with Crippen molar-refractivity contribution in [3.05, 3.63) is 110 Å². The lowest BCUT2D eigenvalue weighted by atomic mass is 9.91. The Morgan fingerprint density at radius 2 is 1.48 bits per heavy atom. The van der Waals surface area contributed by atoms with Gasteiger partial charge < -0.3 is 19.9 Å². The topological polar surface area (TPSA) is 93.6 Å². The zero-order chi connectivity index (χ0) is 31.5. The lowest BCUT2D eigenvalue weighted by Gasteiger charge is -2.41. The highest BCUT2D eigenvalue weighted by molar-refractivity contribution is 8.01. The van der Waals surface area contributed by atoms with Gasteiger partial charge in [0.2, 0.25) is 5.82 Å². The van der Waals surface area contributed by atoms with Crippen LogP contribution in [0.1, 0.15) is 56.9 Å². The number of aliphatic hydroxyl groups excluding tert-OH is 1. The van der Waals surface area contributed by atoms with Gasteiger partial charge in [-0.15, -0.1) is 10.2 Å². The van der Waals surface area contributed by atoms with Gasteiger partial charge in [-0.2, -0.15) is 0 Å². The molecule has 1 aliphatic rings. The average molecular weight is 652 g/mol. The molecule has 0 aliphatic carbocycles. The van der Waals surface area contributed by atoms with Crippen LogP contribution in [0.4, 0.5) is 22.0 Å². The van der Waals surface area contributed by atoms with Gasteiger partial charge in [0.25, 0.3) is 5.91 Å². The first-order chi connectivity index (χ1) is 21.1. The summed E-state index contributed by atoms with van der Waals surface area (Å²) in [6.45, 7) is 3.59. The lowest BCUT2D eigenvalue weighted by Crippen LogP contribution is -2.38. The molecule has 7 nitrogen and oxygen atoms in total. The third-order valence-electron chi connectivity index (χ3n) is 7.14. The number of thioether (sulfide) groups is 1. The van der Waals surface area contributed by atoms with Crippen molar-refractivity contribution in [1.82, 2.24) is 15.5 Å². The maximum Gasteiger partial charge on any atom is 0.257 e. The molecule has 2 N–H and O–H groups in total. The van der Waals surface area contributed by atoms with Gasteiger partial charge in [-0.1, -0.05) is 78.6 Å². The number of amides is 1. The Balaban J connectivity index is 1.31. The van der Waals surface area contributed by atoms with Gasteiger partial charge >= 0.3 is 0 Å². The number of aliphatic hydroxyl groups is 1. The van der Waals surface area contributed by atoms with Gasteiger partial charge in [-0.3, -0.25) is 4.79 Å².